The van der Waals surface area contributed by atoms with E-state index in [1.54, 1.807) is 6.41 Å². The first-order valence-corrected chi connectivity index (χ1v) is 4.84. The summed E-state index contributed by atoms with van der Waals surface area (Å²) in [7, 11) is 2.15. The summed E-state index contributed by atoms with van der Waals surface area (Å²) in [6.45, 7) is 6.46. The van der Waals surface area contributed by atoms with Crippen molar-refractivity contribution in [2.75, 3.05) is 46.3 Å². The first-order valence-electron chi connectivity index (χ1n) is 4.84. The number of nitrogens with zero attached hydrogens (tertiary/aromatic N) is 2. The van der Waals surface area contributed by atoms with E-state index >= 15 is 0 Å². The van der Waals surface area contributed by atoms with Crippen LogP contribution in [0, 0.1) is 0 Å². The van der Waals surface area contributed by atoms with Crippen molar-refractivity contribution in [1.82, 2.24) is 15.1 Å². The molecule has 1 aliphatic heterocycles. The number of hydrogen-bond acceptors (Lipinski definition) is 3. The maximum Gasteiger partial charge on any atom is 0.309 e. The van der Waals surface area contributed by atoms with Gasteiger partial charge in [0.1, 0.15) is 0 Å². The van der Waals surface area contributed by atoms with Crippen molar-refractivity contribution >= 4 is 6.41 Å². The predicted molar refractivity (Wildman–Crippen MR) is 52.3 cm³/mol. The molecule has 1 saturated heterocycles. The molecule has 4 heteroatoms. The zero-order chi connectivity index (χ0) is 9.52. The van der Waals surface area contributed by atoms with Gasteiger partial charge in [-0.15, -0.1) is 0 Å². The van der Waals surface area contributed by atoms with Crippen LogP contribution in [0.4, 0.5) is 0 Å². The van der Waals surface area contributed by atoms with Gasteiger partial charge >= 0.3 is 6.41 Å². The molecule has 0 saturated carbocycles. The van der Waals surface area contributed by atoms with E-state index in [9.17, 15) is 4.79 Å². The number of amides is 1. The van der Waals surface area contributed by atoms with Crippen LogP contribution in [0.5, 0.6) is 0 Å². The lowest BCUT2D eigenvalue weighted by Crippen LogP contribution is -2.45. The monoisotopic (exact) mass is 184 g/mol. The Morgan fingerprint density at radius 2 is 2.00 bits per heavy atom. The first-order chi connectivity index (χ1) is 6.33. The highest BCUT2D eigenvalue weighted by molar-refractivity contribution is 5.46. The van der Waals surface area contributed by atoms with Crippen molar-refractivity contribution in [3.8, 4) is 0 Å². The van der Waals surface area contributed by atoms with Crippen LogP contribution in [-0.4, -0.2) is 62.5 Å². The molecule has 0 atom stereocenters. The van der Waals surface area contributed by atoms with Crippen molar-refractivity contribution in [1.29, 1.82) is 0 Å². The van der Waals surface area contributed by atoms with Gasteiger partial charge in [0.2, 0.25) is 0 Å². The molecule has 0 aromatic carbocycles. The molecular formula is C9H18N3O. The maximum absolute atomic E-state index is 9.84. The molecular weight excluding hydrogens is 166 g/mol. The van der Waals surface area contributed by atoms with E-state index in [4.69, 9.17) is 0 Å². The Morgan fingerprint density at radius 3 is 2.62 bits per heavy atom. The zero-order valence-electron chi connectivity index (χ0n) is 8.25. The number of carbonyl (C=O) groups excluding carboxylic acids is 1. The van der Waals surface area contributed by atoms with Crippen molar-refractivity contribution < 1.29 is 4.79 Å². The van der Waals surface area contributed by atoms with Crippen LogP contribution in [0.2, 0.25) is 0 Å². The van der Waals surface area contributed by atoms with E-state index in [0.29, 0.717) is 0 Å². The average molecular weight is 184 g/mol. The van der Waals surface area contributed by atoms with Crippen LogP contribution in [-0.2, 0) is 4.79 Å². The van der Waals surface area contributed by atoms with Gasteiger partial charge in [-0.05, 0) is 20.0 Å². The summed E-state index contributed by atoms with van der Waals surface area (Å²) in [5, 5.41) is 2.55. The Kier molecular flexibility index (Phi) is 4.78. The molecule has 0 bridgehead atoms. The lowest BCUT2D eigenvalue weighted by atomic mass is 10.3. The van der Waals surface area contributed by atoms with Crippen LogP contribution in [0.3, 0.4) is 0 Å². The fourth-order valence-electron chi connectivity index (χ4n) is 1.51. The first kappa shape index (κ1) is 10.5. The molecule has 1 rings (SSSR count). The Morgan fingerprint density at radius 1 is 1.31 bits per heavy atom. The zero-order valence-corrected chi connectivity index (χ0v) is 8.25. The van der Waals surface area contributed by atoms with Crippen LogP contribution >= 0.6 is 0 Å². The third-order valence-corrected chi connectivity index (χ3v) is 2.44. The van der Waals surface area contributed by atoms with E-state index in [1.165, 1.54) is 0 Å². The Labute approximate surface area is 79.9 Å². The molecule has 0 unspecified atom stereocenters. The Hall–Kier alpha value is -0.610. The third-order valence-electron chi connectivity index (χ3n) is 2.44. The van der Waals surface area contributed by atoms with Crippen molar-refractivity contribution in [2.45, 2.75) is 6.42 Å². The minimum atomic E-state index is 0.746. The van der Waals surface area contributed by atoms with Gasteiger partial charge in [-0.3, -0.25) is 4.79 Å². The fraction of sp³-hybridized carbons (Fsp3) is 0.889. The largest absolute Gasteiger partial charge is 0.348 e. The molecule has 0 aromatic heterocycles. The van der Waals surface area contributed by atoms with E-state index in [0.717, 1.165) is 45.7 Å². The minimum absolute atomic E-state index is 0.746. The van der Waals surface area contributed by atoms with Crippen LogP contribution < -0.4 is 5.32 Å². The molecule has 1 fully saturated rings. The van der Waals surface area contributed by atoms with E-state index in [1.807, 2.05) is 0 Å². The smallest absolute Gasteiger partial charge is 0.309 e. The molecule has 1 radical (unpaired) electrons. The maximum atomic E-state index is 9.84. The van der Waals surface area contributed by atoms with Gasteiger partial charge in [0, 0.05) is 32.7 Å². The highest BCUT2D eigenvalue weighted by atomic mass is 16.1. The second kappa shape index (κ2) is 5.94. The molecule has 13 heavy (non-hydrogen) atoms. The second-order valence-corrected chi connectivity index (χ2v) is 3.53. The van der Waals surface area contributed by atoms with Crippen molar-refractivity contribution in [2.24, 2.45) is 0 Å². The molecule has 4 nitrogen and oxygen atoms in total. The highest BCUT2D eigenvalue weighted by Crippen LogP contribution is 1.99. The lowest BCUT2D eigenvalue weighted by molar-refractivity contribution is 0.153. The van der Waals surface area contributed by atoms with Crippen molar-refractivity contribution in [3.63, 3.8) is 0 Å². The summed E-state index contributed by atoms with van der Waals surface area (Å²) in [4.78, 5) is 14.6. The summed E-state index contributed by atoms with van der Waals surface area (Å²) in [6.07, 6.45) is 2.71. The van der Waals surface area contributed by atoms with Crippen LogP contribution in [0.1, 0.15) is 6.42 Å². The Balaban J connectivity index is 1.99. The van der Waals surface area contributed by atoms with E-state index < -0.39 is 0 Å². The normalized spacial score (nSPS) is 20.1. The standard InChI is InChI=1S/C9H18N3O/c1-11-5-7-12(8-6-11)4-2-3-10-9-13/h2-8H2,1H3,(H,10,13). The third kappa shape index (κ3) is 4.24. The highest BCUT2D eigenvalue weighted by Gasteiger charge is 2.12. The molecule has 1 N–H and O–H groups in total. The van der Waals surface area contributed by atoms with Crippen molar-refractivity contribution in [3.05, 3.63) is 0 Å². The van der Waals surface area contributed by atoms with Crippen LogP contribution in [0.25, 0.3) is 0 Å². The average Bonchev–Trinajstić information content (AvgIpc) is 2.15. The second-order valence-electron chi connectivity index (χ2n) is 3.53. The van der Waals surface area contributed by atoms with Gasteiger partial charge in [-0.25, -0.2) is 0 Å². The molecule has 75 valence electrons. The molecule has 1 aliphatic rings. The predicted octanol–water partition coefficient (Wildman–Crippen LogP) is -0.719. The van der Waals surface area contributed by atoms with Gasteiger partial charge < -0.3 is 15.1 Å². The number of hydrogen-bond donors (Lipinski definition) is 1. The lowest BCUT2D eigenvalue weighted by Gasteiger charge is -2.32. The molecule has 0 aromatic rings. The Bertz CT molecular complexity index is 144. The number of piperazine rings is 1. The minimum Gasteiger partial charge on any atom is -0.348 e. The fourth-order valence-corrected chi connectivity index (χ4v) is 1.51. The number of rotatable bonds is 5. The van der Waals surface area contributed by atoms with Gasteiger partial charge in [-0.2, -0.15) is 0 Å². The summed E-state index contributed by atoms with van der Waals surface area (Å²) in [5.74, 6) is 0. The molecule has 0 aliphatic carbocycles. The summed E-state index contributed by atoms with van der Waals surface area (Å²) in [5.41, 5.74) is 0. The van der Waals surface area contributed by atoms with Gasteiger partial charge in [0.15, 0.2) is 0 Å². The van der Waals surface area contributed by atoms with Gasteiger partial charge in [0.05, 0.1) is 0 Å². The molecule has 0 spiro atoms. The summed E-state index contributed by atoms with van der Waals surface area (Å²) >= 11 is 0. The summed E-state index contributed by atoms with van der Waals surface area (Å²) in [6, 6.07) is 0. The SMILES string of the molecule is CN1CCN(CCCN[C]=O)CC1. The molecule has 1 amide bonds. The molecule has 1 heterocycles. The van der Waals surface area contributed by atoms with Gasteiger partial charge in [-0.1, -0.05) is 0 Å². The van der Waals surface area contributed by atoms with Gasteiger partial charge in [0.25, 0.3) is 0 Å². The summed E-state index contributed by atoms with van der Waals surface area (Å²) < 4.78 is 0. The quantitative estimate of drug-likeness (QED) is 0.452. The number of nitrogens with one attached hydrogen (secondary N) is 1. The number of likely N-dealkylation sites (N-methyl/N-ethyl adjacent to an activating group) is 1. The van der Waals surface area contributed by atoms with Crippen LogP contribution in [0.15, 0.2) is 0 Å². The topological polar surface area (TPSA) is 35.6 Å². The van der Waals surface area contributed by atoms with E-state index in [2.05, 4.69) is 22.2 Å². The van der Waals surface area contributed by atoms with E-state index in [-0.39, 0.29) is 0 Å².